The van der Waals surface area contributed by atoms with Crippen LogP contribution in [0.1, 0.15) is 53.2 Å². The first kappa shape index (κ1) is 23.7. The van der Waals surface area contributed by atoms with Gasteiger partial charge >= 0.3 is 0 Å². The average molecular weight is 470 g/mol. The van der Waals surface area contributed by atoms with Gasteiger partial charge < -0.3 is 15.0 Å². The number of unbranched alkanes of at least 4 members (excludes halogenated alkanes) is 1. The molecule has 2 atom stereocenters. The van der Waals surface area contributed by atoms with Crippen molar-refractivity contribution in [1.29, 1.82) is 0 Å². The molecule has 2 amide bonds. The largest absolute Gasteiger partial charge is 0.379 e. The Balaban J connectivity index is 1.65. The van der Waals surface area contributed by atoms with E-state index in [-0.39, 0.29) is 11.8 Å². The molecule has 2 aromatic carbocycles. The van der Waals surface area contributed by atoms with Crippen LogP contribution in [0.5, 0.6) is 0 Å². The van der Waals surface area contributed by atoms with Gasteiger partial charge in [-0.1, -0.05) is 55.3 Å². The highest BCUT2D eigenvalue weighted by atomic mass is 35.5. The van der Waals surface area contributed by atoms with Gasteiger partial charge in [-0.3, -0.25) is 14.5 Å². The summed E-state index contributed by atoms with van der Waals surface area (Å²) in [6, 6.07) is 14.6. The van der Waals surface area contributed by atoms with Crippen LogP contribution in [0.3, 0.4) is 0 Å². The smallest absolute Gasteiger partial charge is 0.254 e. The topological polar surface area (TPSA) is 61.9 Å². The number of halogens is 1. The molecule has 33 heavy (non-hydrogen) atoms. The molecule has 4 rings (SSSR count). The number of morpholine rings is 1. The fourth-order valence-corrected chi connectivity index (χ4v) is 4.98. The molecule has 0 aromatic heterocycles. The molecule has 1 saturated heterocycles. The van der Waals surface area contributed by atoms with E-state index in [1.165, 1.54) is 0 Å². The highest BCUT2D eigenvalue weighted by molar-refractivity contribution is 6.30. The lowest BCUT2D eigenvalue weighted by molar-refractivity contribution is -0.124. The van der Waals surface area contributed by atoms with Gasteiger partial charge in [0.05, 0.1) is 25.2 Å². The van der Waals surface area contributed by atoms with Gasteiger partial charge in [-0.05, 0) is 35.7 Å². The minimum atomic E-state index is -0.501. The summed E-state index contributed by atoms with van der Waals surface area (Å²) in [7, 11) is 0. The van der Waals surface area contributed by atoms with E-state index < -0.39 is 12.0 Å². The van der Waals surface area contributed by atoms with E-state index in [0.717, 1.165) is 56.8 Å². The highest BCUT2D eigenvalue weighted by Crippen LogP contribution is 2.43. The SMILES string of the molecule is CCCCN1C(=O)c2ccccc2[C@H](C(=O)NCCN2CCOCC2)[C@@H]1c1cccc(Cl)c1. The second-order valence-corrected chi connectivity index (χ2v) is 9.10. The number of ether oxygens (including phenoxy) is 1. The number of carbonyl (C=O) groups excluding carboxylic acids is 2. The molecule has 0 aliphatic carbocycles. The number of nitrogens with zero attached hydrogens (tertiary/aromatic N) is 2. The lowest BCUT2D eigenvalue weighted by atomic mass is 9.79. The van der Waals surface area contributed by atoms with Crippen LogP contribution in [-0.2, 0) is 9.53 Å². The number of amides is 2. The molecule has 0 radical (unpaired) electrons. The molecule has 1 N–H and O–H groups in total. The van der Waals surface area contributed by atoms with Crippen LogP contribution in [0.4, 0.5) is 0 Å². The summed E-state index contributed by atoms with van der Waals surface area (Å²) in [5.41, 5.74) is 2.28. The molecule has 2 aliphatic heterocycles. The molecule has 2 heterocycles. The zero-order valence-electron chi connectivity index (χ0n) is 19.1. The molecule has 6 nitrogen and oxygen atoms in total. The number of nitrogens with one attached hydrogen (secondary N) is 1. The second kappa shape index (κ2) is 11.1. The van der Waals surface area contributed by atoms with Gasteiger partial charge in [0.2, 0.25) is 5.91 Å². The first-order chi connectivity index (χ1) is 16.1. The molecule has 2 aromatic rings. The number of carbonyl (C=O) groups is 2. The number of benzene rings is 2. The van der Waals surface area contributed by atoms with Crippen molar-refractivity contribution >= 4 is 23.4 Å². The highest BCUT2D eigenvalue weighted by Gasteiger charge is 2.43. The van der Waals surface area contributed by atoms with E-state index in [0.29, 0.717) is 23.7 Å². The molecule has 2 aliphatic rings. The summed E-state index contributed by atoms with van der Waals surface area (Å²) in [6.07, 6.45) is 1.83. The summed E-state index contributed by atoms with van der Waals surface area (Å²) in [5.74, 6) is -0.588. The quantitative estimate of drug-likeness (QED) is 0.637. The van der Waals surface area contributed by atoms with E-state index >= 15 is 0 Å². The number of hydrogen-bond donors (Lipinski definition) is 1. The molecule has 7 heteroatoms. The van der Waals surface area contributed by atoms with Crippen molar-refractivity contribution in [2.24, 2.45) is 0 Å². The van der Waals surface area contributed by atoms with Crippen LogP contribution in [0.15, 0.2) is 48.5 Å². The van der Waals surface area contributed by atoms with E-state index in [9.17, 15) is 9.59 Å². The normalized spacial score (nSPS) is 21.0. The van der Waals surface area contributed by atoms with Crippen molar-refractivity contribution in [2.45, 2.75) is 31.7 Å². The number of hydrogen-bond acceptors (Lipinski definition) is 4. The van der Waals surface area contributed by atoms with Gasteiger partial charge in [0, 0.05) is 43.3 Å². The Hall–Kier alpha value is -2.41. The van der Waals surface area contributed by atoms with Crippen molar-refractivity contribution in [3.05, 3.63) is 70.2 Å². The molecule has 1 fully saturated rings. The maximum atomic E-state index is 13.7. The predicted octanol–water partition coefficient (Wildman–Crippen LogP) is 3.87. The third-order valence-corrected chi connectivity index (χ3v) is 6.73. The maximum absolute atomic E-state index is 13.7. The summed E-state index contributed by atoms with van der Waals surface area (Å²) in [4.78, 5) is 31.4. The van der Waals surface area contributed by atoms with Crippen molar-refractivity contribution in [3.8, 4) is 0 Å². The molecular weight excluding hydrogens is 438 g/mol. The van der Waals surface area contributed by atoms with Gasteiger partial charge in [0.25, 0.3) is 5.91 Å². The Morgan fingerprint density at radius 2 is 1.91 bits per heavy atom. The minimum absolute atomic E-state index is 0.0265. The molecule has 0 spiro atoms. The molecule has 0 saturated carbocycles. The van der Waals surface area contributed by atoms with Crippen LogP contribution in [0.25, 0.3) is 0 Å². The molecule has 0 unspecified atom stereocenters. The van der Waals surface area contributed by atoms with Gasteiger partial charge in [-0.2, -0.15) is 0 Å². The van der Waals surface area contributed by atoms with E-state index in [4.69, 9.17) is 16.3 Å². The Morgan fingerprint density at radius 1 is 1.12 bits per heavy atom. The van der Waals surface area contributed by atoms with Crippen molar-refractivity contribution in [1.82, 2.24) is 15.1 Å². The molecule has 0 bridgehead atoms. The lowest BCUT2D eigenvalue weighted by Gasteiger charge is -2.42. The summed E-state index contributed by atoms with van der Waals surface area (Å²) < 4.78 is 5.41. The summed E-state index contributed by atoms with van der Waals surface area (Å²) in [5, 5.41) is 3.75. The average Bonchev–Trinajstić information content (AvgIpc) is 2.84. The van der Waals surface area contributed by atoms with Crippen LogP contribution >= 0.6 is 11.6 Å². The van der Waals surface area contributed by atoms with Crippen LogP contribution in [0, 0.1) is 0 Å². The monoisotopic (exact) mass is 469 g/mol. The van der Waals surface area contributed by atoms with Crippen molar-refractivity contribution < 1.29 is 14.3 Å². The van der Waals surface area contributed by atoms with Crippen LogP contribution in [0.2, 0.25) is 5.02 Å². The van der Waals surface area contributed by atoms with Gasteiger partial charge in [-0.25, -0.2) is 0 Å². The zero-order valence-corrected chi connectivity index (χ0v) is 19.9. The van der Waals surface area contributed by atoms with Crippen LogP contribution in [-0.4, -0.2) is 67.6 Å². The maximum Gasteiger partial charge on any atom is 0.254 e. The Kier molecular flexibility index (Phi) is 8.02. The third kappa shape index (κ3) is 5.40. The minimum Gasteiger partial charge on any atom is -0.379 e. The predicted molar refractivity (Wildman–Crippen MR) is 130 cm³/mol. The molecular formula is C26H32ClN3O3. The van der Waals surface area contributed by atoms with Gasteiger partial charge in [-0.15, -0.1) is 0 Å². The Morgan fingerprint density at radius 3 is 2.67 bits per heavy atom. The van der Waals surface area contributed by atoms with Crippen molar-refractivity contribution in [2.75, 3.05) is 45.9 Å². The van der Waals surface area contributed by atoms with E-state index in [2.05, 4.69) is 17.1 Å². The Labute approximate surface area is 200 Å². The zero-order chi connectivity index (χ0) is 23.2. The second-order valence-electron chi connectivity index (χ2n) is 8.66. The van der Waals surface area contributed by atoms with Gasteiger partial charge in [0.1, 0.15) is 0 Å². The lowest BCUT2D eigenvalue weighted by Crippen LogP contribution is -2.49. The standard InChI is InChI=1S/C26H32ClN3O3/c1-2-3-12-30-24(19-7-6-8-20(27)18-19)23(21-9-4-5-10-22(21)26(30)32)25(31)28-11-13-29-14-16-33-17-15-29/h4-10,18,23-24H,2-3,11-17H2,1H3,(H,28,31)/t23-,24-/m0/s1. The first-order valence-corrected chi connectivity index (χ1v) is 12.2. The van der Waals surface area contributed by atoms with Crippen LogP contribution < -0.4 is 5.32 Å². The third-order valence-electron chi connectivity index (χ3n) is 6.49. The number of fused-ring (bicyclic) bond motifs is 1. The first-order valence-electron chi connectivity index (χ1n) is 11.8. The van der Waals surface area contributed by atoms with E-state index in [1.807, 2.05) is 53.4 Å². The Bertz CT molecular complexity index is 977. The molecule has 176 valence electrons. The van der Waals surface area contributed by atoms with Gasteiger partial charge in [0.15, 0.2) is 0 Å². The fourth-order valence-electron chi connectivity index (χ4n) is 4.78. The number of rotatable bonds is 8. The summed E-state index contributed by atoms with van der Waals surface area (Å²) in [6.45, 7) is 7.27. The fraction of sp³-hybridized carbons (Fsp3) is 0.462. The van der Waals surface area contributed by atoms with E-state index in [1.54, 1.807) is 0 Å². The summed E-state index contributed by atoms with van der Waals surface area (Å²) >= 11 is 6.33. The van der Waals surface area contributed by atoms with Crippen molar-refractivity contribution in [3.63, 3.8) is 0 Å².